The van der Waals surface area contributed by atoms with Crippen molar-refractivity contribution >= 4 is 11.2 Å². The molecule has 2 rings (SSSR count). The fourth-order valence-corrected chi connectivity index (χ4v) is 1.26. The highest BCUT2D eigenvalue weighted by molar-refractivity contribution is 5.69. The maximum absolute atomic E-state index is 11.9. The van der Waals surface area contributed by atoms with Crippen LogP contribution >= 0.6 is 0 Å². The van der Waals surface area contributed by atoms with Crippen LogP contribution in [0, 0.1) is 0 Å². The van der Waals surface area contributed by atoms with Crippen molar-refractivity contribution in [3.05, 3.63) is 27.1 Å². The maximum Gasteiger partial charge on any atom is 0.332 e. The lowest BCUT2D eigenvalue weighted by Crippen LogP contribution is -2.37. The van der Waals surface area contributed by atoms with Gasteiger partial charge >= 0.3 is 5.69 Å². The first-order chi connectivity index (χ1) is 8.16. The fourth-order valence-electron chi connectivity index (χ4n) is 1.26. The van der Waals surface area contributed by atoms with E-state index >= 15 is 0 Å². The van der Waals surface area contributed by atoms with Gasteiger partial charge in [-0.15, -0.1) is 0 Å². The van der Waals surface area contributed by atoms with Gasteiger partial charge in [0.1, 0.15) is 1.37 Å². The zero-order chi connectivity index (χ0) is 13.8. The summed E-state index contributed by atoms with van der Waals surface area (Å²) in [6.45, 7) is -2.76. The Kier molecular flexibility index (Phi) is 0.942. The molecule has 14 heavy (non-hydrogen) atoms. The molecule has 0 fully saturated rings. The van der Waals surface area contributed by atoms with E-state index in [0.717, 1.165) is 4.57 Å². The van der Waals surface area contributed by atoms with Crippen LogP contribution in [0.5, 0.6) is 0 Å². The minimum absolute atomic E-state index is 0.0850. The molecule has 0 aliphatic heterocycles. The van der Waals surface area contributed by atoms with E-state index in [0.29, 0.717) is 9.13 Å². The number of fused-ring (bicyclic) bond motifs is 1. The number of aryl methyl sites for hydroxylation is 2. The van der Waals surface area contributed by atoms with Crippen LogP contribution < -0.4 is 11.2 Å². The lowest BCUT2D eigenvalue weighted by molar-refractivity contribution is 0.705. The predicted molar refractivity (Wildman–Crippen MR) is 51.2 cm³/mol. The van der Waals surface area contributed by atoms with Gasteiger partial charge in [0.2, 0.25) is 0 Å². The van der Waals surface area contributed by atoms with E-state index in [-0.39, 0.29) is 17.5 Å². The highest BCUT2D eigenvalue weighted by atomic mass is 16.2. The van der Waals surface area contributed by atoms with Crippen LogP contribution in [0.4, 0.5) is 0 Å². The van der Waals surface area contributed by atoms with Crippen molar-refractivity contribution in [3.8, 4) is 0 Å². The number of aromatic nitrogens is 4. The van der Waals surface area contributed by atoms with E-state index < -0.39 is 18.2 Å². The Morgan fingerprint density at radius 1 is 1.43 bits per heavy atom. The molecule has 0 radical (unpaired) electrons. The average molecular weight is 198 g/mol. The molecule has 2 aromatic rings. The van der Waals surface area contributed by atoms with Crippen molar-refractivity contribution in [3.63, 3.8) is 0 Å². The van der Waals surface area contributed by atoms with E-state index in [1.807, 2.05) is 0 Å². The van der Waals surface area contributed by atoms with E-state index in [2.05, 4.69) is 4.98 Å². The van der Waals surface area contributed by atoms with Gasteiger partial charge in [0.25, 0.3) is 5.56 Å². The second-order valence-electron chi connectivity index (χ2n) is 2.93. The Morgan fingerprint density at radius 2 is 2.14 bits per heavy atom. The van der Waals surface area contributed by atoms with Gasteiger partial charge in [0, 0.05) is 25.2 Å². The van der Waals surface area contributed by atoms with Crippen molar-refractivity contribution in [1.29, 1.82) is 0 Å². The van der Waals surface area contributed by atoms with E-state index in [9.17, 15) is 9.59 Å². The zero-order valence-electron chi connectivity index (χ0n) is 11.6. The Bertz CT molecular complexity index is 752. The molecule has 6 heteroatoms. The summed E-state index contributed by atoms with van der Waals surface area (Å²) in [5.74, 6) is 0. The van der Waals surface area contributed by atoms with Gasteiger partial charge in [-0.25, -0.2) is 9.78 Å². The SMILES string of the molecule is [2H]c1nc2c(c(=O)n(C)c(=O)n2C([2H])([2H])[2H])n1C. The van der Waals surface area contributed by atoms with Gasteiger partial charge in [-0.2, -0.15) is 0 Å². The van der Waals surface area contributed by atoms with Crippen molar-refractivity contribution in [1.82, 2.24) is 18.7 Å². The van der Waals surface area contributed by atoms with E-state index in [1.165, 1.54) is 14.1 Å². The maximum atomic E-state index is 11.9. The molecule has 0 saturated carbocycles. The number of hydrogen-bond acceptors (Lipinski definition) is 3. The summed E-state index contributed by atoms with van der Waals surface area (Å²) in [5, 5.41) is 0. The average Bonchev–Trinajstić information content (AvgIpc) is 2.50. The molecule has 0 amide bonds. The monoisotopic (exact) mass is 198 g/mol. The molecule has 0 unspecified atom stereocenters. The van der Waals surface area contributed by atoms with Crippen LogP contribution in [-0.2, 0) is 21.1 Å². The molecule has 0 aliphatic carbocycles. The van der Waals surface area contributed by atoms with Crippen molar-refractivity contribution in [2.24, 2.45) is 21.1 Å². The second-order valence-corrected chi connectivity index (χ2v) is 2.93. The molecule has 0 saturated heterocycles. The lowest BCUT2D eigenvalue weighted by atomic mass is 10.5. The molecule has 0 aromatic carbocycles. The highest BCUT2D eigenvalue weighted by Gasteiger charge is 2.11. The van der Waals surface area contributed by atoms with Crippen molar-refractivity contribution < 1.29 is 5.48 Å². The summed E-state index contributed by atoms with van der Waals surface area (Å²) in [6.07, 6.45) is -0.286. The summed E-state index contributed by atoms with van der Waals surface area (Å²) < 4.78 is 31.7. The quantitative estimate of drug-likeness (QED) is 0.544. The third-order valence-corrected chi connectivity index (χ3v) is 2.05. The lowest BCUT2D eigenvalue weighted by Gasteiger charge is -2.02. The van der Waals surface area contributed by atoms with Crippen LogP contribution in [0.3, 0.4) is 0 Å². The zero-order valence-corrected chi connectivity index (χ0v) is 7.61. The van der Waals surface area contributed by atoms with Crippen LogP contribution in [0.25, 0.3) is 11.2 Å². The third kappa shape index (κ3) is 0.876. The number of rotatable bonds is 0. The topological polar surface area (TPSA) is 61.8 Å². The van der Waals surface area contributed by atoms with Crippen LogP contribution in [-0.4, -0.2) is 18.7 Å². The van der Waals surface area contributed by atoms with Crippen LogP contribution in [0.2, 0.25) is 0 Å². The molecule has 0 spiro atoms. The number of nitrogens with zero attached hydrogens (tertiary/aromatic N) is 4. The number of imidazole rings is 1. The van der Waals surface area contributed by atoms with Gasteiger partial charge in [0.05, 0.1) is 6.30 Å². The second kappa shape index (κ2) is 2.57. The van der Waals surface area contributed by atoms with E-state index in [1.54, 1.807) is 0 Å². The van der Waals surface area contributed by atoms with Gasteiger partial charge < -0.3 is 4.57 Å². The molecule has 2 heterocycles. The fraction of sp³-hybridized carbons (Fsp3) is 0.375. The molecule has 2 aromatic heterocycles. The first kappa shape index (κ1) is 5.14. The van der Waals surface area contributed by atoms with Crippen LogP contribution in [0.1, 0.15) is 5.48 Å². The summed E-state index contributed by atoms with van der Waals surface area (Å²) in [5.41, 5.74) is -2.04. The largest absolute Gasteiger partial charge is 0.332 e. The summed E-state index contributed by atoms with van der Waals surface area (Å²) in [4.78, 5) is 27.4. The minimum Gasteiger partial charge on any atom is -0.328 e. The molecule has 0 bridgehead atoms. The van der Waals surface area contributed by atoms with Crippen LogP contribution in [0.15, 0.2) is 15.9 Å². The molecule has 6 nitrogen and oxygen atoms in total. The van der Waals surface area contributed by atoms with E-state index in [4.69, 9.17) is 5.48 Å². The summed E-state index contributed by atoms with van der Waals surface area (Å²) in [6, 6.07) is 0. The van der Waals surface area contributed by atoms with Crippen molar-refractivity contribution in [2.75, 3.05) is 0 Å². The van der Waals surface area contributed by atoms with Gasteiger partial charge in [-0.1, -0.05) is 0 Å². The first-order valence-corrected chi connectivity index (χ1v) is 3.82. The normalized spacial score (nSPS) is 16.1. The van der Waals surface area contributed by atoms with Gasteiger partial charge in [0.15, 0.2) is 11.2 Å². The molecular formula is C8H10N4O2. The molecule has 74 valence electrons. The minimum atomic E-state index is -2.76. The predicted octanol–water partition coefficient (Wildman–Crippen LogP) is -1.03. The van der Waals surface area contributed by atoms with Crippen molar-refractivity contribution in [2.45, 2.75) is 0 Å². The standard InChI is InChI=1S/C8H10N4O2/c1-10-4-9-6-5(10)7(13)12(3)8(14)11(6)2/h4H,1-3H3/i2D3,4D. The van der Waals surface area contributed by atoms with Gasteiger partial charge in [-0.3, -0.25) is 13.9 Å². The Balaban J connectivity index is 3.18. The Hall–Kier alpha value is -1.85. The first-order valence-electron chi connectivity index (χ1n) is 5.82. The summed E-state index contributed by atoms with van der Waals surface area (Å²) in [7, 11) is 2.59. The third-order valence-electron chi connectivity index (χ3n) is 2.05. The Labute approximate surface area is 84.6 Å². The highest BCUT2D eigenvalue weighted by Crippen LogP contribution is 2.01. The number of hydrogen-bond donors (Lipinski definition) is 0. The molecule has 0 aliphatic rings. The smallest absolute Gasteiger partial charge is 0.328 e. The molecule has 0 atom stereocenters. The Morgan fingerprint density at radius 3 is 2.79 bits per heavy atom. The molecule has 0 N–H and O–H groups in total. The van der Waals surface area contributed by atoms with Gasteiger partial charge in [-0.05, 0) is 0 Å². The molecular weight excluding hydrogens is 184 g/mol. The summed E-state index contributed by atoms with van der Waals surface area (Å²) >= 11 is 0.